The van der Waals surface area contributed by atoms with Crippen LogP contribution in [0.5, 0.6) is 0 Å². The molecule has 0 aliphatic carbocycles. The number of unbranched alkanes of at least 4 members (excludes halogenated alkanes) is 2. The third kappa shape index (κ3) is 6.08. The van der Waals surface area contributed by atoms with Crippen LogP contribution in [-0.2, 0) is 6.54 Å². The van der Waals surface area contributed by atoms with Gasteiger partial charge in [-0.3, -0.25) is 0 Å². The largest absolute Gasteiger partial charge is 0.313 e. The van der Waals surface area contributed by atoms with Crippen molar-refractivity contribution in [2.45, 2.75) is 32.7 Å². The summed E-state index contributed by atoms with van der Waals surface area (Å²) in [6.45, 7) is 3.60. The summed E-state index contributed by atoms with van der Waals surface area (Å²) < 4.78 is 13.4. The molecular formula is C14H22FNS. The first kappa shape index (κ1) is 14.5. The minimum absolute atomic E-state index is 0.106. The van der Waals surface area contributed by atoms with E-state index >= 15 is 0 Å². The molecule has 1 aromatic carbocycles. The number of thioether (sulfide) groups is 1. The average Bonchev–Trinajstić information content (AvgIpc) is 2.32. The van der Waals surface area contributed by atoms with Crippen LogP contribution in [0.3, 0.4) is 0 Å². The maximum absolute atomic E-state index is 13.4. The lowest BCUT2D eigenvalue weighted by molar-refractivity contribution is 0.573. The molecular weight excluding hydrogens is 233 g/mol. The molecule has 0 fully saturated rings. The Morgan fingerprint density at radius 2 is 2.06 bits per heavy atom. The van der Waals surface area contributed by atoms with E-state index in [1.165, 1.54) is 25.0 Å². The Hall–Kier alpha value is -0.540. The van der Waals surface area contributed by atoms with Crippen molar-refractivity contribution < 1.29 is 4.39 Å². The molecule has 96 valence electrons. The smallest absolute Gasteiger partial charge is 0.127 e. The highest BCUT2D eigenvalue weighted by Gasteiger charge is 2.01. The van der Waals surface area contributed by atoms with Crippen molar-refractivity contribution in [1.29, 1.82) is 0 Å². The van der Waals surface area contributed by atoms with E-state index in [2.05, 4.69) is 11.6 Å². The van der Waals surface area contributed by atoms with Gasteiger partial charge in [0.1, 0.15) is 5.82 Å². The van der Waals surface area contributed by atoms with Gasteiger partial charge >= 0.3 is 0 Å². The first-order valence-corrected chi connectivity index (χ1v) is 7.58. The molecule has 0 atom stereocenters. The van der Waals surface area contributed by atoms with Crippen LogP contribution in [0.25, 0.3) is 0 Å². The molecule has 3 heteroatoms. The van der Waals surface area contributed by atoms with Crippen molar-refractivity contribution in [1.82, 2.24) is 5.32 Å². The normalized spacial score (nSPS) is 10.8. The first-order valence-electron chi connectivity index (χ1n) is 6.18. The molecule has 17 heavy (non-hydrogen) atoms. The number of halogens is 1. The van der Waals surface area contributed by atoms with E-state index in [0.717, 1.165) is 17.7 Å². The predicted molar refractivity (Wildman–Crippen MR) is 75.1 cm³/mol. The highest BCUT2D eigenvalue weighted by atomic mass is 32.2. The first-order chi connectivity index (χ1) is 8.24. The molecule has 0 heterocycles. The van der Waals surface area contributed by atoms with Crippen LogP contribution in [0.1, 0.15) is 30.4 Å². The lowest BCUT2D eigenvalue weighted by Crippen LogP contribution is -2.15. The third-order valence-electron chi connectivity index (χ3n) is 2.72. The Balaban J connectivity index is 2.15. The number of aryl methyl sites for hydroxylation is 1. The van der Waals surface area contributed by atoms with Gasteiger partial charge in [-0.15, -0.1) is 0 Å². The van der Waals surface area contributed by atoms with E-state index in [9.17, 15) is 4.39 Å². The van der Waals surface area contributed by atoms with Crippen LogP contribution in [0.15, 0.2) is 18.2 Å². The zero-order chi connectivity index (χ0) is 12.5. The van der Waals surface area contributed by atoms with Gasteiger partial charge in [0.15, 0.2) is 0 Å². The van der Waals surface area contributed by atoms with Crippen LogP contribution in [0.2, 0.25) is 0 Å². The Bertz CT molecular complexity index is 328. The summed E-state index contributed by atoms with van der Waals surface area (Å²) >= 11 is 1.90. The second-order valence-corrected chi connectivity index (χ2v) is 5.31. The second-order valence-electron chi connectivity index (χ2n) is 4.33. The van der Waals surface area contributed by atoms with E-state index in [1.807, 2.05) is 24.8 Å². The minimum atomic E-state index is -0.106. The number of nitrogens with one attached hydrogen (secondary N) is 1. The predicted octanol–water partition coefficient (Wildman–Crippen LogP) is 3.76. The van der Waals surface area contributed by atoms with Gasteiger partial charge in [0.2, 0.25) is 0 Å². The van der Waals surface area contributed by atoms with Crippen LogP contribution in [0.4, 0.5) is 4.39 Å². The molecule has 1 rings (SSSR count). The molecule has 0 radical (unpaired) electrons. The van der Waals surface area contributed by atoms with E-state index < -0.39 is 0 Å². The van der Waals surface area contributed by atoms with Crippen molar-refractivity contribution in [3.8, 4) is 0 Å². The lowest BCUT2D eigenvalue weighted by atomic mass is 10.1. The molecule has 0 bridgehead atoms. The Labute approximate surface area is 108 Å². The van der Waals surface area contributed by atoms with Gasteiger partial charge < -0.3 is 5.32 Å². The van der Waals surface area contributed by atoms with Crippen LogP contribution < -0.4 is 5.32 Å². The summed E-state index contributed by atoms with van der Waals surface area (Å²) in [6.07, 6.45) is 5.85. The lowest BCUT2D eigenvalue weighted by Gasteiger charge is -2.07. The summed E-state index contributed by atoms with van der Waals surface area (Å²) in [5, 5.41) is 3.30. The zero-order valence-corrected chi connectivity index (χ0v) is 11.6. The van der Waals surface area contributed by atoms with E-state index in [-0.39, 0.29) is 5.82 Å². The van der Waals surface area contributed by atoms with Gasteiger partial charge in [0, 0.05) is 12.1 Å². The van der Waals surface area contributed by atoms with Gasteiger partial charge in [0.05, 0.1) is 0 Å². The van der Waals surface area contributed by atoms with Gasteiger partial charge in [-0.2, -0.15) is 11.8 Å². The van der Waals surface area contributed by atoms with Crippen molar-refractivity contribution in [3.63, 3.8) is 0 Å². The zero-order valence-electron chi connectivity index (χ0n) is 10.8. The molecule has 0 aliphatic rings. The Morgan fingerprint density at radius 1 is 1.24 bits per heavy atom. The molecule has 1 aromatic rings. The summed E-state index contributed by atoms with van der Waals surface area (Å²) in [6, 6.07) is 5.27. The molecule has 0 saturated carbocycles. The molecule has 1 N–H and O–H groups in total. The fourth-order valence-electron chi connectivity index (χ4n) is 1.74. The van der Waals surface area contributed by atoms with Gasteiger partial charge in [-0.05, 0) is 44.4 Å². The molecule has 0 unspecified atom stereocenters. The van der Waals surface area contributed by atoms with Crippen molar-refractivity contribution in [3.05, 3.63) is 35.1 Å². The van der Waals surface area contributed by atoms with E-state index in [1.54, 1.807) is 12.1 Å². The Morgan fingerprint density at radius 3 is 2.82 bits per heavy atom. The quantitative estimate of drug-likeness (QED) is 0.710. The van der Waals surface area contributed by atoms with Crippen LogP contribution in [0, 0.1) is 12.7 Å². The fraction of sp³-hybridized carbons (Fsp3) is 0.571. The average molecular weight is 255 g/mol. The maximum Gasteiger partial charge on any atom is 0.127 e. The minimum Gasteiger partial charge on any atom is -0.313 e. The molecule has 0 saturated heterocycles. The topological polar surface area (TPSA) is 12.0 Å². The fourth-order valence-corrected chi connectivity index (χ4v) is 2.23. The highest BCUT2D eigenvalue weighted by molar-refractivity contribution is 7.98. The SMILES string of the molecule is CSCCCCCNCc1cc(C)ccc1F. The van der Waals surface area contributed by atoms with Crippen molar-refractivity contribution in [2.24, 2.45) is 0 Å². The highest BCUT2D eigenvalue weighted by Crippen LogP contribution is 2.09. The molecule has 0 amide bonds. The summed E-state index contributed by atoms with van der Waals surface area (Å²) in [7, 11) is 0. The number of benzene rings is 1. The molecule has 0 spiro atoms. The monoisotopic (exact) mass is 255 g/mol. The summed E-state index contributed by atoms with van der Waals surface area (Å²) in [5.41, 5.74) is 1.89. The van der Waals surface area contributed by atoms with E-state index in [0.29, 0.717) is 6.54 Å². The summed E-state index contributed by atoms with van der Waals surface area (Å²) in [4.78, 5) is 0. The number of hydrogen-bond donors (Lipinski definition) is 1. The third-order valence-corrected chi connectivity index (χ3v) is 3.42. The van der Waals surface area contributed by atoms with Crippen LogP contribution in [-0.4, -0.2) is 18.6 Å². The van der Waals surface area contributed by atoms with E-state index in [4.69, 9.17) is 0 Å². The molecule has 0 aromatic heterocycles. The van der Waals surface area contributed by atoms with Crippen molar-refractivity contribution >= 4 is 11.8 Å². The van der Waals surface area contributed by atoms with Crippen molar-refractivity contribution in [2.75, 3.05) is 18.6 Å². The van der Waals surface area contributed by atoms with Gasteiger partial charge in [0.25, 0.3) is 0 Å². The van der Waals surface area contributed by atoms with Crippen LogP contribution >= 0.6 is 11.8 Å². The molecule has 1 nitrogen and oxygen atoms in total. The number of hydrogen-bond acceptors (Lipinski definition) is 2. The second kappa shape index (κ2) is 8.54. The Kier molecular flexibility index (Phi) is 7.29. The summed E-state index contributed by atoms with van der Waals surface area (Å²) in [5.74, 6) is 1.14. The van der Waals surface area contributed by atoms with Gasteiger partial charge in [-0.25, -0.2) is 4.39 Å². The molecule has 0 aliphatic heterocycles. The standard InChI is InChI=1S/C14H22FNS/c1-12-6-7-14(15)13(10-12)11-16-8-4-3-5-9-17-2/h6-7,10,16H,3-5,8-9,11H2,1-2H3. The van der Waals surface area contributed by atoms with Gasteiger partial charge in [-0.1, -0.05) is 24.1 Å². The number of rotatable bonds is 8. The maximum atomic E-state index is 13.4.